The molecule has 122 valence electrons. The molecule has 1 amide bonds. The highest BCUT2D eigenvalue weighted by molar-refractivity contribution is 5.94. The molecule has 0 unspecified atom stereocenters. The predicted molar refractivity (Wildman–Crippen MR) is 80.5 cm³/mol. The summed E-state index contributed by atoms with van der Waals surface area (Å²) >= 11 is 0. The van der Waals surface area contributed by atoms with Gasteiger partial charge in [-0.15, -0.1) is 0 Å². The third kappa shape index (κ3) is 5.02. The van der Waals surface area contributed by atoms with Gasteiger partial charge in [0.2, 0.25) is 0 Å². The summed E-state index contributed by atoms with van der Waals surface area (Å²) in [4.78, 5) is 11.9. The Morgan fingerprint density at radius 3 is 2.57 bits per heavy atom. The number of carbonyl (C=O) groups is 1. The van der Waals surface area contributed by atoms with Gasteiger partial charge in [-0.05, 0) is 37.3 Å². The largest absolute Gasteiger partial charge is 0.492 e. The van der Waals surface area contributed by atoms with Gasteiger partial charge in [0.1, 0.15) is 12.4 Å². The minimum atomic E-state index is -4.40. The van der Waals surface area contributed by atoms with Crippen LogP contribution in [-0.4, -0.2) is 19.1 Å². The average molecular weight is 323 g/mol. The van der Waals surface area contributed by atoms with E-state index in [4.69, 9.17) is 4.74 Å². The van der Waals surface area contributed by atoms with Gasteiger partial charge in [0.05, 0.1) is 12.1 Å². The summed E-state index contributed by atoms with van der Waals surface area (Å²) in [7, 11) is 0. The molecule has 0 radical (unpaired) electrons. The van der Waals surface area contributed by atoms with E-state index in [0.717, 1.165) is 17.7 Å². The van der Waals surface area contributed by atoms with Gasteiger partial charge in [-0.25, -0.2) is 0 Å². The minimum Gasteiger partial charge on any atom is -0.492 e. The van der Waals surface area contributed by atoms with E-state index in [1.807, 2.05) is 13.0 Å². The van der Waals surface area contributed by atoms with E-state index in [-0.39, 0.29) is 24.8 Å². The first-order valence-electron chi connectivity index (χ1n) is 7.01. The van der Waals surface area contributed by atoms with Gasteiger partial charge in [0.25, 0.3) is 5.91 Å². The monoisotopic (exact) mass is 323 g/mol. The van der Waals surface area contributed by atoms with Crippen LogP contribution in [0.5, 0.6) is 5.75 Å². The van der Waals surface area contributed by atoms with Crippen LogP contribution >= 0.6 is 0 Å². The first-order valence-corrected chi connectivity index (χ1v) is 7.01. The topological polar surface area (TPSA) is 38.3 Å². The number of hydrogen-bond acceptors (Lipinski definition) is 2. The highest BCUT2D eigenvalue weighted by Crippen LogP contribution is 2.31. The number of carbonyl (C=O) groups excluding carboxylic acids is 1. The van der Waals surface area contributed by atoms with Crippen LogP contribution in [0.4, 0.5) is 13.2 Å². The van der Waals surface area contributed by atoms with E-state index in [1.54, 1.807) is 18.2 Å². The van der Waals surface area contributed by atoms with E-state index < -0.39 is 11.7 Å². The second-order valence-electron chi connectivity index (χ2n) is 5.00. The number of benzene rings is 2. The SMILES string of the molecule is Cc1cccc(C(=O)NCCOc2cccc(C(F)(F)F)c2)c1. The third-order valence-corrected chi connectivity index (χ3v) is 3.10. The Morgan fingerprint density at radius 1 is 1.13 bits per heavy atom. The molecule has 2 aromatic carbocycles. The average Bonchev–Trinajstić information content (AvgIpc) is 2.51. The zero-order valence-corrected chi connectivity index (χ0v) is 12.5. The molecule has 0 bridgehead atoms. The Morgan fingerprint density at radius 2 is 1.87 bits per heavy atom. The van der Waals surface area contributed by atoms with E-state index >= 15 is 0 Å². The molecule has 0 aliphatic heterocycles. The van der Waals surface area contributed by atoms with Gasteiger partial charge in [0.15, 0.2) is 0 Å². The Balaban J connectivity index is 1.83. The molecule has 6 heteroatoms. The third-order valence-electron chi connectivity index (χ3n) is 3.10. The van der Waals surface area contributed by atoms with E-state index in [0.29, 0.717) is 5.56 Å². The van der Waals surface area contributed by atoms with Crippen LogP contribution in [0.15, 0.2) is 48.5 Å². The number of hydrogen-bond donors (Lipinski definition) is 1. The number of halogens is 3. The second-order valence-corrected chi connectivity index (χ2v) is 5.00. The highest BCUT2D eigenvalue weighted by Gasteiger charge is 2.30. The molecule has 3 nitrogen and oxygen atoms in total. The number of ether oxygens (including phenoxy) is 1. The maximum atomic E-state index is 12.6. The van der Waals surface area contributed by atoms with Gasteiger partial charge in [-0.1, -0.05) is 23.8 Å². The first kappa shape index (κ1) is 16.9. The fourth-order valence-electron chi connectivity index (χ4n) is 1.98. The molecule has 2 aromatic rings. The van der Waals surface area contributed by atoms with Crippen molar-refractivity contribution in [1.82, 2.24) is 5.32 Å². The summed E-state index contributed by atoms with van der Waals surface area (Å²) in [6.45, 7) is 2.16. The molecule has 2 rings (SSSR count). The van der Waals surface area contributed by atoms with Crippen molar-refractivity contribution in [3.63, 3.8) is 0 Å². The molecule has 0 heterocycles. The van der Waals surface area contributed by atoms with Crippen LogP contribution in [0.2, 0.25) is 0 Å². The first-order chi connectivity index (χ1) is 10.9. The summed E-state index contributed by atoms with van der Waals surface area (Å²) < 4.78 is 42.9. The van der Waals surface area contributed by atoms with Gasteiger partial charge < -0.3 is 10.1 Å². The van der Waals surface area contributed by atoms with Crippen LogP contribution in [0.25, 0.3) is 0 Å². The molecular formula is C17H16F3NO2. The van der Waals surface area contributed by atoms with Crippen molar-refractivity contribution in [2.75, 3.05) is 13.2 Å². The zero-order valence-electron chi connectivity index (χ0n) is 12.5. The Hall–Kier alpha value is -2.50. The van der Waals surface area contributed by atoms with Gasteiger partial charge in [0, 0.05) is 5.56 Å². The standard InChI is InChI=1S/C17H16F3NO2/c1-12-4-2-5-13(10-12)16(22)21-8-9-23-15-7-3-6-14(11-15)17(18,19)20/h2-7,10-11H,8-9H2,1H3,(H,21,22). The molecule has 0 aromatic heterocycles. The van der Waals surface area contributed by atoms with Gasteiger partial charge in [-0.2, -0.15) is 13.2 Å². The summed E-state index contributed by atoms with van der Waals surface area (Å²) in [6, 6.07) is 11.7. The van der Waals surface area contributed by atoms with Crippen molar-refractivity contribution < 1.29 is 22.7 Å². The quantitative estimate of drug-likeness (QED) is 0.850. The maximum Gasteiger partial charge on any atom is 0.416 e. The predicted octanol–water partition coefficient (Wildman–Crippen LogP) is 3.82. The molecule has 0 saturated heterocycles. The normalized spacial score (nSPS) is 11.1. The van der Waals surface area contributed by atoms with Crippen molar-refractivity contribution in [2.24, 2.45) is 0 Å². The summed E-state index contributed by atoms with van der Waals surface area (Å²) in [5, 5.41) is 2.66. The fraction of sp³-hybridized carbons (Fsp3) is 0.235. The molecule has 0 atom stereocenters. The lowest BCUT2D eigenvalue weighted by Gasteiger charge is -2.11. The van der Waals surface area contributed by atoms with Crippen LogP contribution in [-0.2, 0) is 6.18 Å². The van der Waals surface area contributed by atoms with Crippen molar-refractivity contribution in [1.29, 1.82) is 0 Å². The lowest BCUT2D eigenvalue weighted by Crippen LogP contribution is -2.28. The lowest BCUT2D eigenvalue weighted by atomic mass is 10.1. The van der Waals surface area contributed by atoms with Gasteiger partial charge >= 0.3 is 6.18 Å². The second kappa shape index (κ2) is 7.17. The highest BCUT2D eigenvalue weighted by atomic mass is 19.4. The van der Waals surface area contributed by atoms with Crippen molar-refractivity contribution in [3.05, 3.63) is 65.2 Å². The zero-order chi connectivity index (χ0) is 16.9. The molecule has 0 saturated carbocycles. The Labute approximate surface area is 132 Å². The Bertz CT molecular complexity index is 684. The molecule has 0 aliphatic carbocycles. The number of alkyl halides is 3. The summed E-state index contributed by atoms with van der Waals surface area (Å²) in [5.74, 6) is -0.133. The van der Waals surface area contributed by atoms with E-state index in [2.05, 4.69) is 5.32 Å². The fourth-order valence-corrected chi connectivity index (χ4v) is 1.98. The maximum absolute atomic E-state index is 12.6. The molecule has 0 fully saturated rings. The summed E-state index contributed by atoms with van der Waals surface area (Å²) in [6.07, 6.45) is -4.40. The van der Waals surface area contributed by atoms with Crippen molar-refractivity contribution in [3.8, 4) is 5.75 Å². The minimum absolute atomic E-state index is 0.0822. The number of rotatable bonds is 5. The smallest absolute Gasteiger partial charge is 0.416 e. The van der Waals surface area contributed by atoms with Crippen molar-refractivity contribution in [2.45, 2.75) is 13.1 Å². The number of amides is 1. The van der Waals surface area contributed by atoms with Crippen LogP contribution < -0.4 is 10.1 Å². The van der Waals surface area contributed by atoms with Crippen LogP contribution in [0.3, 0.4) is 0 Å². The van der Waals surface area contributed by atoms with Crippen LogP contribution in [0.1, 0.15) is 21.5 Å². The number of nitrogens with one attached hydrogen (secondary N) is 1. The Kier molecular flexibility index (Phi) is 5.26. The number of aryl methyl sites for hydroxylation is 1. The molecule has 1 N–H and O–H groups in total. The van der Waals surface area contributed by atoms with Crippen LogP contribution in [0, 0.1) is 6.92 Å². The van der Waals surface area contributed by atoms with E-state index in [1.165, 1.54) is 12.1 Å². The van der Waals surface area contributed by atoms with Crippen molar-refractivity contribution >= 4 is 5.91 Å². The van der Waals surface area contributed by atoms with E-state index in [9.17, 15) is 18.0 Å². The van der Waals surface area contributed by atoms with Gasteiger partial charge in [-0.3, -0.25) is 4.79 Å². The summed E-state index contributed by atoms with van der Waals surface area (Å²) in [5.41, 5.74) is 0.737. The molecule has 23 heavy (non-hydrogen) atoms. The lowest BCUT2D eigenvalue weighted by molar-refractivity contribution is -0.137. The molecule has 0 aliphatic rings. The molecule has 0 spiro atoms. The molecular weight excluding hydrogens is 307 g/mol.